The van der Waals surface area contributed by atoms with E-state index in [4.69, 9.17) is 9.47 Å². The third-order valence-corrected chi connectivity index (χ3v) is 4.05. The molecule has 1 amide bonds. The van der Waals surface area contributed by atoms with Gasteiger partial charge in [0.15, 0.2) is 0 Å². The average Bonchev–Trinajstić information content (AvgIpc) is 3.15. The zero-order valence-corrected chi connectivity index (χ0v) is 15.5. The van der Waals surface area contributed by atoms with E-state index in [1.807, 2.05) is 5.32 Å². The molecule has 0 radical (unpaired) electrons. The molecular formula is C19H15F4NO6. The third kappa shape index (κ3) is 5.10. The number of carbonyl (C=O) groups excluding carboxylic acids is 2. The first-order chi connectivity index (χ1) is 14.2. The van der Waals surface area contributed by atoms with Crippen LogP contribution in [0.2, 0.25) is 0 Å². The molecule has 0 aliphatic carbocycles. The van der Waals surface area contributed by atoms with E-state index in [1.165, 1.54) is 13.2 Å². The molecule has 2 aromatic rings. The Morgan fingerprint density at radius 2 is 1.97 bits per heavy atom. The number of methoxy groups -OCH3 is 1. The summed E-state index contributed by atoms with van der Waals surface area (Å²) in [5.41, 5.74) is 0.797. The third-order valence-electron chi connectivity index (χ3n) is 4.05. The number of halogens is 4. The maximum atomic E-state index is 13.8. The second-order valence-corrected chi connectivity index (χ2v) is 6.10. The van der Waals surface area contributed by atoms with Crippen LogP contribution in [0.4, 0.5) is 28.0 Å². The Morgan fingerprint density at radius 3 is 2.67 bits per heavy atom. The summed E-state index contributed by atoms with van der Waals surface area (Å²) in [5.74, 6) is -1.82. The standard InChI is InChI=1S/C19H15F4NO6/c1-27-17(25)11-6-10-4-5-28-16(10)12(7-11)9-29-18(26)24-15-8-13(2-3-14(15)20)30-19(21,22)23/h2-3,6-8H,4-5,9H2,1H3,(H,24,26). The molecule has 7 nitrogen and oxygen atoms in total. The summed E-state index contributed by atoms with van der Waals surface area (Å²) in [4.78, 5) is 23.8. The lowest BCUT2D eigenvalue weighted by Crippen LogP contribution is -2.18. The number of esters is 1. The molecule has 0 unspecified atom stereocenters. The molecule has 1 aliphatic heterocycles. The van der Waals surface area contributed by atoms with Gasteiger partial charge in [0.2, 0.25) is 0 Å². The van der Waals surface area contributed by atoms with Crippen molar-refractivity contribution >= 4 is 17.7 Å². The van der Waals surface area contributed by atoms with Crippen LogP contribution in [0.3, 0.4) is 0 Å². The number of anilines is 1. The van der Waals surface area contributed by atoms with Crippen LogP contribution >= 0.6 is 0 Å². The van der Waals surface area contributed by atoms with Crippen molar-refractivity contribution in [1.29, 1.82) is 0 Å². The minimum Gasteiger partial charge on any atom is -0.493 e. The van der Waals surface area contributed by atoms with Crippen LogP contribution in [0.1, 0.15) is 21.5 Å². The summed E-state index contributed by atoms with van der Waals surface area (Å²) in [6.07, 6.45) is -5.55. The Hall–Kier alpha value is -3.50. The van der Waals surface area contributed by atoms with E-state index < -0.39 is 35.7 Å². The Kier molecular flexibility index (Phi) is 5.99. The van der Waals surface area contributed by atoms with Crippen LogP contribution < -0.4 is 14.8 Å². The van der Waals surface area contributed by atoms with Crippen LogP contribution in [-0.2, 0) is 22.5 Å². The van der Waals surface area contributed by atoms with E-state index in [0.29, 0.717) is 36.5 Å². The van der Waals surface area contributed by atoms with Crippen molar-refractivity contribution in [2.75, 3.05) is 19.0 Å². The number of ether oxygens (including phenoxy) is 4. The number of hydrogen-bond donors (Lipinski definition) is 1. The van der Waals surface area contributed by atoms with E-state index in [2.05, 4.69) is 9.47 Å². The first-order valence-electron chi connectivity index (χ1n) is 8.52. The summed E-state index contributed by atoms with van der Waals surface area (Å²) < 4.78 is 69.6. The maximum absolute atomic E-state index is 13.8. The lowest BCUT2D eigenvalue weighted by molar-refractivity contribution is -0.274. The van der Waals surface area contributed by atoms with Crippen molar-refractivity contribution in [3.63, 3.8) is 0 Å². The molecule has 3 rings (SSSR count). The minimum atomic E-state index is -4.97. The van der Waals surface area contributed by atoms with E-state index in [-0.39, 0.29) is 12.2 Å². The number of carbonyl (C=O) groups is 2. The number of nitrogens with one attached hydrogen (secondary N) is 1. The van der Waals surface area contributed by atoms with Gasteiger partial charge < -0.3 is 18.9 Å². The molecule has 0 saturated heterocycles. The number of benzene rings is 2. The van der Waals surface area contributed by atoms with Gasteiger partial charge in [-0.05, 0) is 29.8 Å². The Bertz CT molecular complexity index is 976. The predicted octanol–water partition coefficient (Wildman–Crippen LogP) is 4.19. The second kappa shape index (κ2) is 8.47. The summed E-state index contributed by atoms with van der Waals surface area (Å²) >= 11 is 0. The van der Waals surface area contributed by atoms with Crippen molar-refractivity contribution in [2.45, 2.75) is 19.4 Å². The molecule has 11 heteroatoms. The van der Waals surface area contributed by atoms with Crippen molar-refractivity contribution in [2.24, 2.45) is 0 Å². The highest BCUT2D eigenvalue weighted by molar-refractivity contribution is 5.90. The van der Waals surface area contributed by atoms with Crippen molar-refractivity contribution < 1.29 is 46.1 Å². The molecule has 0 saturated carbocycles. The van der Waals surface area contributed by atoms with Crippen LogP contribution in [0, 0.1) is 5.82 Å². The van der Waals surface area contributed by atoms with Crippen molar-refractivity contribution in [1.82, 2.24) is 0 Å². The largest absolute Gasteiger partial charge is 0.573 e. The predicted molar refractivity (Wildman–Crippen MR) is 93.9 cm³/mol. The monoisotopic (exact) mass is 429 g/mol. The van der Waals surface area contributed by atoms with E-state index in [9.17, 15) is 27.2 Å². The maximum Gasteiger partial charge on any atom is 0.573 e. The molecule has 1 heterocycles. The van der Waals surface area contributed by atoms with Gasteiger partial charge >= 0.3 is 18.4 Å². The van der Waals surface area contributed by atoms with Gasteiger partial charge in [-0.15, -0.1) is 13.2 Å². The first kappa shape index (κ1) is 21.2. The Labute approximate surface area is 167 Å². The van der Waals surface area contributed by atoms with E-state index >= 15 is 0 Å². The fraction of sp³-hybridized carbons (Fsp3) is 0.263. The number of amides is 1. The van der Waals surface area contributed by atoms with Gasteiger partial charge in [0.1, 0.15) is 23.9 Å². The molecule has 0 aromatic heterocycles. The van der Waals surface area contributed by atoms with Gasteiger partial charge in [0, 0.05) is 18.1 Å². The highest BCUT2D eigenvalue weighted by Gasteiger charge is 2.31. The van der Waals surface area contributed by atoms with Crippen LogP contribution in [0.25, 0.3) is 0 Å². The van der Waals surface area contributed by atoms with Gasteiger partial charge in [0.25, 0.3) is 0 Å². The number of rotatable bonds is 5. The minimum absolute atomic E-state index is 0.240. The first-order valence-corrected chi connectivity index (χ1v) is 8.52. The fourth-order valence-electron chi connectivity index (χ4n) is 2.82. The van der Waals surface area contributed by atoms with Crippen molar-refractivity contribution in [3.8, 4) is 11.5 Å². The topological polar surface area (TPSA) is 83.1 Å². The lowest BCUT2D eigenvalue weighted by Gasteiger charge is -2.13. The van der Waals surface area contributed by atoms with Gasteiger partial charge in [-0.2, -0.15) is 0 Å². The number of hydrogen-bond acceptors (Lipinski definition) is 6. The molecule has 1 aliphatic rings. The molecule has 0 fully saturated rings. The lowest BCUT2D eigenvalue weighted by atomic mass is 10.0. The highest BCUT2D eigenvalue weighted by atomic mass is 19.4. The quantitative estimate of drug-likeness (QED) is 0.567. The van der Waals surface area contributed by atoms with E-state index in [1.54, 1.807) is 6.07 Å². The smallest absolute Gasteiger partial charge is 0.493 e. The summed E-state index contributed by atoms with van der Waals surface area (Å²) in [7, 11) is 1.22. The second-order valence-electron chi connectivity index (χ2n) is 6.10. The molecular weight excluding hydrogens is 414 g/mol. The van der Waals surface area contributed by atoms with Crippen LogP contribution in [0.5, 0.6) is 11.5 Å². The zero-order chi connectivity index (χ0) is 21.9. The van der Waals surface area contributed by atoms with Gasteiger partial charge in [-0.1, -0.05) is 0 Å². The number of fused-ring (bicyclic) bond motifs is 1. The molecule has 2 aromatic carbocycles. The summed E-state index contributed by atoms with van der Waals surface area (Å²) in [6, 6.07) is 5.18. The Morgan fingerprint density at radius 1 is 1.20 bits per heavy atom. The highest BCUT2D eigenvalue weighted by Crippen LogP contribution is 2.32. The molecule has 0 bridgehead atoms. The van der Waals surface area contributed by atoms with Gasteiger partial charge in [0.05, 0.1) is 25.0 Å². The Balaban J connectivity index is 1.70. The van der Waals surface area contributed by atoms with Crippen molar-refractivity contribution in [3.05, 3.63) is 52.8 Å². The van der Waals surface area contributed by atoms with Crippen LogP contribution in [-0.4, -0.2) is 32.1 Å². The fourth-order valence-corrected chi connectivity index (χ4v) is 2.82. The zero-order valence-electron chi connectivity index (χ0n) is 15.5. The SMILES string of the molecule is COC(=O)c1cc2c(c(COC(=O)Nc3cc(OC(F)(F)F)ccc3F)c1)OCC2. The average molecular weight is 429 g/mol. The normalized spacial score (nSPS) is 12.6. The molecule has 0 atom stereocenters. The summed E-state index contributed by atoms with van der Waals surface area (Å²) in [5, 5.41) is 2.01. The molecule has 30 heavy (non-hydrogen) atoms. The molecule has 160 valence electrons. The molecule has 1 N–H and O–H groups in total. The van der Waals surface area contributed by atoms with Gasteiger partial charge in [-0.25, -0.2) is 14.0 Å². The van der Waals surface area contributed by atoms with E-state index in [0.717, 1.165) is 11.6 Å². The summed E-state index contributed by atoms with van der Waals surface area (Å²) in [6.45, 7) is 0.0513. The molecule has 0 spiro atoms. The van der Waals surface area contributed by atoms with Gasteiger partial charge in [-0.3, -0.25) is 5.32 Å². The van der Waals surface area contributed by atoms with Crippen LogP contribution in [0.15, 0.2) is 30.3 Å². The number of alkyl halides is 3.